The molecule has 0 spiro atoms. The van der Waals surface area contributed by atoms with E-state index in [0.29, 0.717) is 18.7 Å². The van der Waals surface area contributed by atoms with Crippen LogP contribution >= 0.6 is 0 Å². The zero-order chi connectivity index (χ0) is 15.2. The van der Waals surface area contributed by atoms with Crippen molar-refractivity contribution in [3.8, 4) is 5.75 Å². The van der Waals surface area contributed by atoms with Crippen LogP contribution in [0.3, 0.4) is 0 Å². The van der Waals surface area contributed by atoms with Gasteiger partial charge < -0.3 is 14.4 Å². The summed E-state index contributed by atoms with van der Waals surface area (Å²) in [4.78, 5) is 25.2. The number of likely N-dealkylation sites (tertiary alicyclic amines) is 1. The van der Waals surface area contributed by atoms with Gasteiger partial charge in [-0.05, 0) is 25.0 Å². The topological polar surface area (TPSA) is 55.8 Å². The van der Waals surface area contributed by atoms with Gasteiger partial charge in [0.15, 0.2) is 0 Å². The Balaban J connectivity index is 1.83. The number of halogens is 1. The van der Waals surface area contributed by atoms with Crippen LogP contribution in [0.15, 0.2) is 24.3 Å². The zero-order valence-electron chi connectivity index (χ0n) is 11.9. The molecule has 0 aromatic heterocycles. The number of rotatable bonds is 5. The van der Waals surface area contributed by atoms with E-state index in [-0.39, 0.29) is 30.7 Å². The van der Waals surface area contributed by atoms with Crippen molar-refractivity contribution in [2.24, 2.45) is 0 Å². The van der Waals surface area contributed by atoms with E-state index < -0.39 is 6.04 Å². The first-order chi connectivity index (χ1) is 10.1. The van der Waals surface area contributed by atoms with Crippen LogP contribution in [-0.4, -0.2) is 43.1 Å². The van der Waals surface area contributed by atoms with Gasteiger partial charge in [-0.25, -0.2) is 9.18 Å². The number of hydrogen-bond acceptors (Lipinski definition) is 4. The quantitative estimate of drug-likeness (QED) is 0.777. The molecule has 5 nitrogen and oxygen atoms in total. The van der Waals surface area contributed by atoms with E-state index in [1.165, 1.54) is 24.1 Å². The smallest absolute Gasteiger partial charge is 0.328 e. The molecule has 0 aliphatic carbocycles. The largest absolute Gasteiger partial charge is 0.493 e. The van der Waals surface area contributed by atoms with E-state index in [1.54, 1.807) is 12.1 Å². The van der Waals surface area contributed by atoms with Gasteiger partial charge in [-0.3, -0.25) is 4.79 Å². The Hall–Kier alpha value is -2.11. The average molecular weight is 295 g/mol. The molecule has 1 atom stereocenters. The van der Waals surface area contributed by atoms with E-state index in [4.69, 9.17) is 9.47 Å². The molecule has 1 amide bonds. The van der Waals surface area contributed by atoms with Crippen molar-refractivity contribution < 1.29 is 23.5 Å². The first-order valence-corrected chi connectivity index (χ1v) is 6.87. The van der Waals surface area contributed by atoms with Crippen LogP contribution in [0.4, 0.5) is 4.39 Å². The number of benzene rings is 1. The van der Waals surface area contributed by atoms with Gasteiger partial charge in [0, 0.05) is 12.6 Å². The lowest BCUT2D eigenvalue weighted by Gasteiger charge is -2.22. The molecule has 0 bridgehead atoms. The van der Waals surface area contributed by atoms with E-state index in [1.807, 2.05) is 0 Å². The minimum atomic E-state index is -0.489. The van der Waals surface area contributed by atoms with Gasteiger partial charge in [0.05, 0.1) is 20.1 Å². The molecule has 1 heterocycles. The lowest BCUT2D eigenvalue weighted by atomic mass is 10.2. The number of hydrogen-bond donors (Lipinski definition) is 0. The molecular weight excluding hydrogens is 277 g/mol. The van der Waals surface area contributed by atoms with Gasteiger partial charge in [-0.15, -0.1) is 0 Å². The Labute approximate surface area is 122 Å². The van der Waals surface area contributed by atoms with Gasteiger partial charge in [0.1, 0.15) is 17.6 Å². The molecule has 1 aliphatic rings. The first-order valence-electron chi connectivity index (χ1n) is 6.87. The Morgan fingerprint density at radius 1 is 1.43 bits per heavy atom. The standard InChI is InChI=1S/C15H18FNO4/c1-20-15(19)13-6-3-8-17(13)14(18)7-9-21-12-5-2-4-11(16)10-12/h2,4-5,10,13H,3,6-9H2,1H3. The number of esters is 1. The summed E-state index contributed by atoms with van der Waals surface area (Å²) in [6.07, 6.45) is 1.56. The predicted molar refractivity (Wildman–Crippen MR) is 73.3 cm³/mol. The predicted octanol–water partition coefficient (Wildman–Crippen LogP) is 1.76. The molecule has 1 fully saturated rings. The number of amides is 1. The van der Waals surface area contributed by atoms with Crippen LogP contribution < -0.4 is 4.74 Å². The Bertz CT molecular complexity index is 520. The van der Waals surface area contributed by atoms with Gasteiger partial charge in [-0.2, -0.15) is 0 Å². The molecule has 1 aromatic carbocycles. The molecule has 0 radical (unpaired) electrons. The van der Waals surface area contributed by atoms with Crippen LogP contribution in [0, 0.1) is 5.82 Å². The van der Waals surface area contributed by atoms with E-state index in [2.05, 4.69) is 0 Å². The molecule has 114 valence electrons. The summed E-state index contributed by atoms with van der Waals surface area (Å²) in [6, 6.07) is 5.26. The molecule has 1 unspecified atom stereocenters. The van der Waals surface area contributed by atoms with E-state index >= 15 is 0 Å². The van der Waals surface area contributed by atoms with Crippen LogP contribution in [0.25, 0.3) is 0 Å². The number of methoxy groups -OCH3 is 1. The molecule has 0 N–H and O–H groups in total. The van der Waals surface area contributed by atoms with E-state index in [9.17, 15) is 14.0 Å². The fraction of sp³-hybridized carbons (Fsp3) is 0.467. The lowest BCUT2D eigenvalue weighted by molar-refractivity contribution is -0.151. The second-order valence-electron chi connectivity index (χ2n) is 4.82. The Morgan fingerprint density at radius 3 is 2.95 bits per heavy atom. The molecule has 1 saturated heterocycles. The van der Waals surface area contributed by atoms with Gasteiger partial charge in [-0.1, -0.05) is 6.07 Å². The maximum atomic E-state index is 13.0. The summed E-state index contributed by atoms with van der Waals surface area (Å²) in [5.41, 5.74) is 0. The highest BCUT2D eigenvalue weighted by Crippen LogP contribution is 2.19. The molecule has 2 rings (SSSR count). The fourth-order valence-electron chi connectivity index (χ4n) is 2.40. The van der Waals surface area contributed by atoms with Gasteiger partial charge in [0.2, 0.25) is 5.91 Å². The summed E-state index contributed by atoms with van der Waals surface area (Å²) < 4.78 is 23.0. The average Bonchev–Trinajstić information content (AvgIpc) is 2.96. The van der Waals surface area contributed by atoms with Crippen molar-refractivity contribution >= 4 is 11.9 Å². The number of carbonyl (C=O) groups is 2. The van der Waals surface area contributed by atoms with Gasteiger partial charge >= 0.3 is 5.97 Å². The third kappa shape index (κ3) is 3.93. The second kappa shape index (κ2) is 7.06. The summed E-state index contributed by atoms with van der Waals surface area (Å²) in [7, 11) is 1.32. The third-order valence-electron chi connectivity index (χ3n) is 3.43. The summed E-state index contributed by atoms with van der Waals surface area (Å²) >= 11 is 0. The first kappa shape index (κ1) is 15.3. The van der Waals surface area contributed by atoms with Crippen molar-refractivity contribution in [2.45, 2.75) is 25.3 Å². The maximum absolute atomic E-state index is 13.0. The lowest BCUT2D eigenvalue weighted by Crippen LogP contribution is -2.41. The van der Waals surface area contributed by atoms with Crippen molar-refractivity contribution in [1.29, 1.82) is 0 Å². The highest BCUT2D eigenvalue weighted by molar-refractivity contribution is 5.85. The van der Waals surface area contributed by atoms with Crippen LogP contribution in [-0.2, 0) is 14.3 Å². The van der Waals surface area contributed by atoms with Gasteiger partial charge in [0.25, 0.3) is 0 Å². The number of carbonyl (C=O) groups excluding carboxylic acids is 2. The van der Waals surface area contributed by atoms with Crippen LogP contribution in [0.2, 0.25) is 0 Å². The number of ether oxygens (including phenoxy) is 2. The van der Waals surface area contributed by atoms with Crippen molar-refractivity contribution in [3.63, 3.8) is 0 Å². The molecular formula is C15H18FNO4. The summed E-state index contributed by atoms with van der Waals surface area (Å²) in [5.74, 6) is -0.538. The Kier molecular flexibility index (Phi) is 5.14. The number of nitrogens with zero attached hydrogens (tertiary/aromatic N) is 1. The second-order valence-corrected chi connectivity index (χ2v) is 4.82. The minimum absolute atomic E-state index is 0.143. The van der Waals surface area contributed by atoms with E-state index in [0.717, 1.165) is 6.42 Å². The van der Waals surface area contributed by atoms with Crippen molar-refractivity contribution in [2.75, 3.05) is 20.3 Å². The van der Waals surface area contributed by atoms with Crippen molar-refractivity contribution in [1.82, 2.24) is 4.90 Å². The van der Waals surface area contributed by atoms with Crippen molar-refractivity contribution in [3.05, 3.63) is 30.1 Å². The highest BCUT2D eigenvalue weighted by Gasteiger charge is 2.34. The Morgan fingerprint density at radius 2 is 2.24 bits per heavy atom. The minimum Gasteiger partial charge on any atom is -0.493 e. The fourth-order valence-corrected chi connectivity index (χ4v) is 2.40. The normalized spacial score (nSPS) is 17.6. The highest BCUT2D eigenvalue weighted by atomic mass is 19.1. The van der Waals surface area contributed by atoms with Crippen LogP contribution in [0.5, 0.6) is 5.75 Å². The third-order valence-corrected chi connectivity index (χ3v) is 3.43. The zero-order valence-corrected chi connectivity index (χ0v) is 11.9. The molecule has 0 saturated carbocycles. The molecule has 6 heteroatoms. The summed E-state index contributed by atoms with van der Waals surface area (Å²) in [5, 5.41) is 0. The molecule has 1 aliphatic heterocycles. The molecule has 21 heavy (non-hydrogen) atoms. The summed E-state index contributed by atoms with van der Waals surface area (Å²) in [6.45, 7) is 0.700. The SMILES string of the molecule is COC(=O)C1CCCN1C(=O)CCOc1cccc(F)c1. The monoisotopic (exact) mass is 295 g/mol. The van der Waals surface area contributed by atoms with Crippen LogP contribution in [0.1, 0.15) is 19.3 Å². The molecule has 1 aromatic rings. The maximum Gasteiger partial charge on any atom is 0.328 e.